The van der Waals surface area contributed by atoms with Gasteiger partial charge in [-0.15, -0.1) is 0 Å². The second kappa shape index (κ2) is 9.03. The topological polar surface area (TPSA) is 36.9 Å². The quantitative estimate of drug-likeness (QED) is 0.476. The summed E-state index contributed by atoms with van der Waals surface area (Å²) in [6.07, 6.45) is 4.58. The minimum atomic E-state index is -2.79. The van der Waals surface area contributed by atoms with Crippen LogP contribution in [-0.4, -0.2) is 57.6 Å². The average Bonchev–Trinajstić information content (AvgIpc) is 2.39. The second-order valence-corrected chi connectivity index (χ2v) is 12.9. The van der Waals surface area contributed by atoms with Gasteiger partial charge in [-0.3, -0.25) is 0 Å². The van der Waals surface area contributed by atoms with E-state index in [0.29, 0.717) is 6.61 Å². The third-order valence-corrected chi connectivity index (χ3v) is 9.02. The van der Waals surface area contributed by atoms with Crippen LogP contribution < -0.4 is 0 Å². The first-order valence-electron chi connectivity index (χ1n) is 7.81. The van der Waals surface area contributed by atoms with Gasteiger partial charge in [0.15, 0.2) is 0 Å². The van der Waals surface area contributed by atoms with Gasteiger partial charge in [-0.05, 0) is 0 Å². The molecule has 1 unspecified atom stereocenters. The molecule has 0 aliphatic carbocycles. The Morgan fingerprint density at radius 2 is 1.80 bits per heavy atom. The zero-order valence-corrected chi connectivity index (χ0v) is 18.4. The summed E-state index contributed by atoms with van der Waals surface area (Å²) >= 11 is -2.79. The van der Waals surface area contributed by atoms with Crippen LogP contribution in [0.3, 0.4) is 0 Å². The molecule has 0 aromatic heterocycles. The molecule has 118 valence electrons. The molecule has 0 spiro atoms. The van der Waals surface area contributed by atoms with Gasteiger partial charge in [0.2, 0.25) is 0 Å². The first-order chi connectivity index (χ1) is 9.47. The van der Waals surface area contributed by atoms with Gasteiger partial charge in [0, 0.05) is 0 Å². The van der Waals surface area contributed by atoms with Crippen LogP contribution in [0, 0.1) is 10.8 Å². The Balaban J connectivity index is 2.36. The van der Waals surface area contributed by atoms with Crippen molar-refractivity contribution >= 4 is 24.1 Å². The number of ether oxygens (including phenoxy) is 1. The van der Waals surface area contributed by atoms with Crippen molar-refractivity contribution in [1.29, 1.82) is 0 Å². The molecule has 0 bridgehead atoms. The van der Waals surface area contributed by atoms with Crippen LogP contribution in [0.25, 0.3) is 0 Å². The molecule has 4 nitrogen and oxygen atoms in total. The fourth-order valence-electron chi connectivity index (χ4n) is 2.88. The molecule has 0 aromatic carbocycles. The zero-order chi connectivity index (χ0) is 15.1. The van der Waals surface area contributed by atoms with Crippen molar-refractivity contribution in [3.63, 3.8) is 0 Å². The molecule has 0 radical (unpaired) electrons. The third kappa shape index (κ3) is 6.26. The Kier molecular flexibility index (Phi) is 8.49. The Morgan fingerprint density at radius 3 is 2.30 bits per heavy atom. The van der Waals surface area contributed by atoms with Crippen molar-refractivity contribution in [2.75, 3.05) is 33.5 Å². The molecule has 1 heterocycles. The fraction of sp³-hybridized carbons (Fsp3) is 1.00. The fourth-order valence-corrected chi connectivity index (χ4v) is 10.3. The number of hydrogen-bond acceptors (Lipinski definition) is 4. The Labute approximate surface area is 134 Å². The monoisotopic (exact) mass is 480 g/mol. The molecule has 0 saturated carbocycles. The first kappa shape index (κ1) is 18.8. The van der Waals surface area contributed by atoms with E-state index in [1.54, 1.807) is 7.11 Å². The van der Waals surface area contributed by atoms with E-state index in [4.69, 9.17) is 12.8 Å². The van der Waals surface area contributed by atoms with Gasteiger partial charge in [0.25, 0.3) is 0 Å². The summed E-state index contributed by atoms with van der Waals surface area (Å²) in [5.74, 6) is 0. The van der Waals surface area contributed by atoms with Crippen LogP contribution in [0.15, 0.2) is 0 Å². The number of rotatable bonds is 9. The van der Waals surface area contributed by atoms with Crippen molar-refractivity contribution < 1.29 is 12.8 Å². The van der Waals surface area contributed by atoms with Crippen molar-refractivity contribution in [2.24, 2.45) is 10.8 Å². The van der Waals surface area contributed by atoms with Gasteiger partial charge in [0.05, 0.1) is 0 Å². The van der Waals surface area contributed by atoms with Crippen LogP contribution in [0.2, 0.25) is 0 Å². The van der Waals surface area contributed by atoms with Crippen molar-refractivity contribution in [2.45, 2.75) is 53.4 Å². The molecule has 1 rings (SSSR count). The molecule has 0 amide bonds. The summed E-state index contributed by atoms with van der Waals surface area (Å²) < 4.78 is 23.2. The van der Waals surface area contributed by atoms with Crippen LogP contribution in [0.1, 0.15) is 53.4 Å². The van der Waals surface area contributed by atoms with Gasteiger partial charge in [-0.2, -0.15) is 0 Å². The summed E-state index contributed by atoms with van der Waals surface area (Å²) in [6.45, 7) is 11.9. The van der Waals surface area contributed by atoms with Gasteiger partial charge in [-0.1, -0.05) is 0 Å². The van der Waals surface area contributed by atoms with Crippen LogP contribution in [0.4, 0.5) is 0 Å². The zero-order valence-electron chi connectivity index (χ0n) is 13.9. The summed E-state index contributed by atoms with van der Waals surface area (Å²) in [6, 6.07) is 0. The molecular weight excluding hydrogens is 449 g/mol. The predicted octanol–water partition coefficient (Wildman–Crippen LogP) is 3.29. The van der Waals surface area contributed by atoms with E-state index in [2.05, 4.69) is 27.7 Å². The summed E-state index contributed by atoms with van der Waals surface area (Å²) in [5.41, 5.74) is 0.272. The van der Waals surface area contributed by atoms with Crippen LogP contribution in [-0.2, 0) is 12.8 Å². The van der Waals surface area contributed by atoms with E-state index in [1.165, 1.54) is 6.42 Å². The molecule has 1 aliphatic rings. The van der Waals surface area contributed by atoms with E-state index < -0.39 is 24.1 Å². The van der Waals surface area contributed by atoms with Crippen LogP contribution >= 0.6 is 0 Å². The van der Waals surface area contributed by atoms with Crippen molar-refractivity contribution in [3.8, 4) is 0 Å². The molecule has 1 saturated heterocycles. The Hall–Kier alpha value is 0.762. The van der Waals surface area contributed by atoms with Crippen molar-refractivity contribution in [1.82, 2.24) is 0 Å². The molecule has 5 heteroatoms. The van der Waals surface area contributed by atoms with E-state index >= 15 is 0 Å². The molecule has 0 aromatic rings. The molecule has 20 heavy (non-hydrogen) atoms. The maximum absolute atomic E-state index is 6.02. The Bertz CT molecular complexity index is 259. The summed E-state index contributed by atoms with van der Waals surface area (Å²) in [5, 5.41) is 0. The Morgan fingerprint density at radius 1 is 1.15 bits per heavy atom. The minimum absolute atomic E-state index is 0.0837. The number of hydrogen-bond donors (Lipinski definition) is 0. The third-order valence-electron chi connectivity index (χ3n) is 3.90. The normalized spacial score (nSPS) is 21.8. The summed E-state index contributed by atoms with van der Waals surface area (Å²) in [7, 11) is 1.75. The van der Waals surface area contributed by atoms with E-state index in [1.807, 2.05) is 0 Å². The molecule has 0 N–H and O–H groups in total. The van der Waals surface area contributed by atoms with Crippen LogP contribution in [0.5, 0.6) is 0 Å². The molecule has 1 atom stereocenters. The predicted molar refractivity (Wildman–Crippen MR) is 81.5 cm³/mol. The summed E-state index contributed by atoms with van der Waals surface area (Å²) in [4.78, 5) is 0. The first-order valence-corrected chi connectivity index (χ1v) is 13.3. The molecule has 1 aliphatic heterocycles. The number of methoxy groups -OCH3 is 1. The van der Waals surface area contributed by atoms with Gasteiger partial charge >= 0.3 is 135 Å². The van der Waals surface area contributed by atoms with E-state index in [-0.39, 0.29) is 10.8 Å². The second-order valence-electron chi connectivity index (χ2n) is 6.78. The SMILES string of the molecule is CCCC(C)(COC)C[O][Tl]1[O]CC(C)(CCC)C[O]1. The molecule has 1 fully saturated rings. The molecular formula is C15H31O4Tl. The van der Waals surface area contributed by atoms with Gasteiger partial charge < -0.3 is 0 Å². The average molecular weight is 480 g/mol. The van der Waals surface area contributed by atoms with Crippen molar-refractivity contribution in [3.05, 3.63) is 0 Å². The maximum atomic E-state index is 6.02. The van der Waals surface area contributed by atoms with E-state index in [0.717, 1.165) is 39.1 Å². The van der Waals surface area contributed by atoms with Gasteiger partial charge in [-0.25, -0.2) is 0 Å². The van der Waals surface area contributed by atoms with E-state index in [9.17, 15) is 0 Å². The standard InChI is InChI=1S/C8H17O2.C7H14O2.Tl/c1-4-5-8(2,6-9)7-10-3;1-3-4-7(2,5-8)6-9;/h4-7H2,1-3H3;3-6H2,1-2H3;/q-1;-2;+3. The van der Waals surface area contributed by atoms with Gasteiger partial charge in [0.1, 0.15) is 0 Å².